The Hall–Kier alpha value is -0.770. The van der Waals surface area contributed by atoms with E-state index in [9.17, 15) is 5.11 Å². The van der Waals surface area contributed by atoms with E-state index in [2.05, 4.69) is 29.6 Å². The van der Waals surface area contributed by atoms with Crippen LogP contribution in [0.3, 0.4) is 0 Å². The summed E-state index contributed by atoms with van der Waals surface area (Å²) in [6.07, 6.45) is -0.378. The van der Waals surface area contributed by atoms with E-state index < -0.39 is 0 Å². The van der Waals surface area contributed by atoms with Gasteiger partial charge in [-0.3, -0.25) is 0 Å². The van der Waals surface area contributed by atoms with Crippen LogP contribution in [0.15, 0.2) is 46.7 Å². The monoisotopic (exact) mass is 250 g/mol. The predicted molar refractivity (Wildman–Crippen MR) is 71.0 cm³/mol. The van der Waals surface area contributed by atoms with Gasteiger partial charge in [-0.1, -0.05) is 18.2 Å². The average molecular weight is 250 g/mol. The molecule has 0 fully saturated rings. The molecule has 1 atom stereocenters. The summed E-state index contributed by atoms with van der Waals surface area (Å²) in [5, 5.41) is 11.5. The smallest absolute Gasteiger partial charge is 0.0761 e. The van der Waals surface area contributed by atoms with E-state index in [0.29, 0.717) is 0 Å². The Kier molecular flexibility index (Phi) is 4.04. The molecule has 1 aromatic heterocycles. The molecule has 1 aromatic carbocycles. The molecule has 1 nitrogen and oxygen atoms in total. The van der Waals surface area contributed by atoms with Crippen LogP contribution in [-0.2, 0) is 5.75 Å². The minimum atomic E-state index is -0.378. The van der Waals surface area contributed by atoms with E-state index in [-0.39, 0.29) is 6.10 Å². The number of hydrogen-bond acceptors (Lipinski definition) is 3. The Balaban J connectivity index is 1.95. The van der Waals surface area contributed by atoms with Crippen molar-refractivity contribution in [2.45, 2.75) is 23.7 Å². The van der Waals surface area contributed by atoms with Crippen LogP contribution in [0.25, 0.3) is 0 Å². The first-order valence-corrected chi connectivity index (χ1v) is 7.05. The van der Waals surface area contributed by atoms with Crippen molar-refractivity contribution in [2.24, 2.45) is 0 Å². The van der Waals surface area contributed by atoms with Crippen LogP contribution in [-0.4, -0.2) is 5.11 Å². The maximum absolute atomic E-state index is 9.39. The first-order valence-electron chi connectivity index (χ1n) is 5.19. The van der Waals surface area contributed by atoms with Gasteiger partial charge in [0.25, 0.3) is 0 Å². The van der Waals surface area contributed by atoms with Crippen molar-refractivity contribution < 1.29 is 5.11 Å². The molecule has 0 saturated carbocycles. The zero-order valence-corrected chi connectivity index (χ0v) is 10.7. The lowest BCUT2D eigenvalue weighted by Gasteiger charge is -2.05. The molecule has 0 aliphatic heterocycles. The van der Waals surface area contributed by atoms with Crippen molar-refractivity contribution in [1.29, 1.82) is 0 Å². The zero-order valence-electron chi connectivity index (χ0n) is 9.09. The first-order chi connectivity index (χ1) is 7.75. The van der Waals surface area contributed by atoms with E-state index in [4.69, 9.17) is 0 Å². The van der Waals surface area contributed by atoms with Crippen LogP contribution in [0, 0.1) is 0 Å². The Morgan fingerprint density at radius 3 is 2.56 bits per heavy atom. The van der Waals surface area contributed by atoms with Crippen molar-refractivity contribution >= 4 is 23.1 Å². The fourth-order valence-corrected chi connectivity index (χ4v) is 3.06. The molecule has 2 aromatic rings. The molecule has 16 heavy (non-hydrogen) atoms. The molecule has 0 amide bonds. The Morgan fingerprint density at radius 2 is 2.00 bits per heavy atom. The molecule has 0 spiro atoms. The lowest BCUT2D eigenvalue weighted by atomic mass is 10.1. The molecule has 0 saturated heterocycles. The molecule has 1 N–H and O–H groups in total. The molecule has 2 rings (SSSR count). The van der Waals surface area contributed by atoms with Gasteiger partial charge in [-0.05, 0) is 36.1 Å². The minimum Gasteiger partial charge on any atom is -0.389 e. The minimum absolute atomic E-state index is 0.378. The maximum atomic E-state index is 9.39. The van der Waals surface area contributed by atoms with Crippen LogP contribution in [0.4, 0.5) is 0 Å². The highest BCUT2D eigenvalue weighted by molar-refractivity contribution is 7.98. The summed E-state index contributed by atoms with van der Waals surface area (Å²) >= 11 is 3.62. The van der Waals surface area contributed by atoms with E-state index in [1.54, 1.807) is 18.3 Å². The third-order valence-corrected chi connectivity index (χ3v) is 4.44. The summed E-state index contributed by atoms with van der Waals surface area (Å²) < 4.78 is 0. The number of aliphatic hydroxyl groups is 1. The lowest BCUT2D eigenvalue weighted by Crippen LogP contribution is -1.89. The number of thiophene rings is 1. The maximum Gasteiger partial charge on any atom is 0.0761 e. The van der Waals surface area contributed by atoms with Crippen molar-refractivity contribution in [3.63, 3.8) is 0 Å². The second kappa shape index (κ2) is 5.53. The van der Waals surface area contributed by atoms with Crippen LogP contribution < -0.4 is 0 Å². The number of aliphatic hydroxyl groups excluding tert-OH is 1. The lowest BCUT2D eigenvalue weighted by molar-refractivity contribution is 0.199. The quantitative estimate of drug-likeness (QED) is 0.825. The molecule has 1 unspecified atom stereocenters. The standard InChI is InChI=1S/C13H14OS2/c1-10(14)11-4-6-12(7-5-11)16-9-13-3-2-8-15-13/h2-8,10,14H,9H2,1H3. The Bertz CT molecular complexity index is 418. The van der Waals surface area contributed by atoms with Gasteiger partial charge in [0, 0.05) is 15.5 Å². The Morgan fingerprint density at radius 1 is 1.25 bits per heavy atom. The average Bonchev–Trinajstić information content (AvgIpc) is 2.80. The van der Waals surface area contributed by atoms with Crippen LogP contribution in [0.1, 0.15) is 23.5 Å². The van der Waals surface area contributed by atoms with E-state index in [0.717, 1.165) is 11.3 Å². The van der Waals surface area contributed by atoms with Gasteiger partial charge in [0.15, 0.2) is 0 Å². The molecular weight excluding hydrogens is 236 g/mol. The molecule has 0 bridgehead atoms. The van der Waals surface area contributed by atoms with Gasteiger partial charge in [-0.2, -0.15) is 0 Å². The van der Waals surface area contributed by atoms with Gasteiger partial charge in [-0.15, -0.1) is 23.1 Å². The number of benzene rings is 1. The number of hydrogen-bond donors (Lipinski definition) is 1. The summed E-state index contributed by atoms with van der Waals surface area (Å²) in [5.41, 5.74) is 0.973. The fourth-order valence-electron chi connectivity index (χ4n) is 1.39. The van der Waals surface area contributed by atoms with E-state index in [1.807, 2.05) is 23.9 Å². The summed E-state index contributed by atoms with van der Waals surface area (Å²) in [4.78, 5) is 2.64. The predicted octanol–water partition coefficient (Wildman–Crippen LogP) is 4.09. The number of thioether (sulfide) groups is 1. The summed E-state index contributed by atoms with van der Waals surface area (Å²) in [6.45, 7) is 1.79. The van der Waals surface area contributed by atoms with Gasteiger partial charge < -0.3 is 5.11 Å². The van der Waals surface area contributed by atoms with Crippen molar-refractivity contribution in [2.75, 3.05) is 0 Å². The summed E-state index contributed by atoms with van der Waals surface area (Å²) in [5.74, 6) is 1.02. The first kappa shape index (κ1) is 11.7. The third-order valence-electron chi connectivity index (χ3n) is 2.32. The van der Waals surface area contributed by atoms with Gasteiger partial charge in [0.2, 0.25) is 0 Å². The highest BCUT2D eigenvalue weighted by Crippen LogP contribution is 2.26. The van der Waals surface area contributed by atoms with Crippen LogP contribution >= 0.6 is 23.1 Å². The number of rotatable bonds is 4. The van der Waals surface area contributed by atoms with Gasteiger partial charge in [0.05, 0.1) is 6.10 Å². The third kappa shape index (κ3) is 3.11. The van der Waals surface area contributed by atoms with Gasteiger partial charge >= 0.3 is 0 Å². The molecule has 0 radical (unpaired) electrons. The van der Waals surface area contributed by atoms with E-state index in [1.165, 1.54) is 9.77 Å². The summed E-state index contributed by atoms with van der Waals surface area (Å²) in [7, 11) is 0. The molecular formula is C13H14OS2. The normalized spacial score (nSPS) is 12.6. The van der Waals surface area contributed by atoms with Crippen molar-refractivity contribution in [1.82, 2.24) is 0 Å². The molecule has 0 aliphatic rings. The molecule has 3 heteroatoms. The molecule has 84 valence electrons. The van der Waals surface area contributed by atoms with Crippen molar-refractivity contribution in [3.8, 4) is 0 Å². The van der Waals surface area contributed by atoms with Gasteiger partial charge in [-0.25, -0.2) is 0 Å². The second-order valence-electron chi connectivity index (χ2n) is 3.61. The topological polar surface area (TPSA) is 20.2 Å². The zero-order chi connectivity index (χ0) is 11.4. The van der Waals surface area contributed by atoms with Crippen molar-refractivity contribution in [3.05, 3.63) is 52.2 Å². The van der Waals surface area contributed by atoms with Crippen LogP contribution in [0.5, 0.6) is 0 Å². The largest absolute Gasteiger partial charge is 0.389 e. The fraction of sp³-hybridized carbons (Fsp3) is 0.231. The highest BCUT2D eigenvalue weighted by Gasteiger charge is 2.01. The molecule has 1 heterocycles. The molecule has 0 aliphatic carbocycles. The Labute approximate surface area is 104 Å². The highest BCUT2D eigenvalue weighted by atomic mass is 32.2. The second-order valence-corrected chi connectivity index (χ2v) is 5.69. The van der Waals surface area contributed by atoms with E-state index >= 15 is 0 Å². The SMILES string of the molecule is CC(O)c1ccc(SCc2cccs2)cc1. The van der Waals surface area contributed by atoms with Gasteiger partial charge in [0.1, 0.15) is 0 Å². The summed E-state index contributed by atoms with van der Waals surface area (Å²) in [6, 6.07) is 12.3. The van der Waals surface area contributed by atoms with Crippen LogP contribution in [0.2, 0.25) is 0 Å².